The van der Waals surface area contributed by atoms with E-state index in [2.05, 4.69) is 4.98 Å². The highest BCUT2D eigenvalue weighted by atomic mass is 32.2. The number of fused-ring (bicyclic) bond motifs is 1. The minimum Gasteiger partial charge on any atom is -0.610 e. The first-order valence-corrected chi connectivity index (χ1v) is 6.68. The van der Waals surface area contributed by atoms with Crippen molar-refractivity contribution in [2.45, 2.75) is 37.8 Å². The lowest BCUT2D eigenvalue weighted by molar-refractivity contribution is 0.0686. The van der Waals surface area contributed by atoms with Crippen LogP contribution in [-0.2, 0) is 24.1 Å². The molecule has 0 saturated carbocycles. The molecule has 2 rings (SSSR count). The van der Waals surface area contributed by atoms with E-state index in [0.717, 1.165) is 31.6 Å². The molecule has 88 valence electrons. The Morgan fingerprint density at radius 2 is 2.38 bits per heavy atom. The molecule has 0 bridgehead atoms. The molecule has 2 heterocycles. The maximum Gasteiger partial charge on any atom is 0.361 e. The molecule has 16 heavy (non-hydrogen) atoms. The second kappa shape index (κ2) is 4.47. The van der Waals surface area contributed by atoms with Crippen molar-refractivity contribution in [3.8, 4) is 0 Å². The van der Waals surface area contributed by atoms with Crippen molar-refractivity contribution in [2.24, 2.45) is 0 Å². The first kappa shape index (κ1) is 11.5. The molecule has 1 aromatic heterocycles. The van der Waals surface area contributed by atoms with Crippen molar-refractivity contribution >= 4 is 17.1 Å². The molecule has 1 aromatic rings. The Kier molecular flexibility index (Phi) is 3.20. The molecule has 0 aliphatic carbocycles. The molecule has 1 aliphatic heterocycles. The molecule has 5 nitrogen and oxygen atoms in total. The molecule has 0 saturated heterocycles. The average Bonchev–Trinajstić information content (AvgIpc) is 2.67. The predicted molar refractivity (Wildman–Crippen MR) is 59.1 cm³/mol. The molecule has 6 heteroatoms. The first-order chi connectivity index (χ1) is 7.65. The normalized spacial score (nSPS) is 16.9. The van der Waals surface area contributed by atoms with Gasteiger partial charge in [-0.1, -0.05) is 0 Å². The van der Waals surface area contributed by atoms with Crippen LogP contribution in [0.2, 0.25) is 0 Å². The Labute approximate surface area is 96.7 Å². The van der Waals surface area contributed by atoms with Gasteiger partial charge in [-0.2, -0.15) is 0 Å². The summed E-state index contributed by atoms with van der Waals surface area (Å²) in [4.78, 5) is 15.1. The highest BCUT2D eigenvalue weighted by Gasteiger charge is 2.31. The number of aryl methyl sites for hydroxylation is 1. The van der Waals surface area contributed by atoms with Crippen molar-refractivity contribution < 1.29 is 14.5 Å². The van der Waals surface area contributed by atoms with Gasteiger partial charge in [0.25, 0.3) is 5.03 Å². The fourth-order valence-electron chi connectivity index (χ4n) is 1.96. The van der Waals surface area contributed by atoms with Crippen LogP contribution in [0.15, 0.2) is 5.03 Å². The van der Waals surface area contributed by atoms with Crippen LogP contribution in [0.1, 0.15) is 36.1 Å². The summed E-state index contributed by atoms with van der Waals surface area (Å²) in [5, 5.41) is 9.44. The summed E-state index contributed by atoms with van der Waals surface area (Å²) in [6.07, 6.45) is 2.80. The van der Waals surface area contributed by atoms with Gasteiger partial charge in [-0.05, 0) is 19.8 Å². The number of imidazole rings is 1. The highest BCUT2D eigenvalue weighted by molar-refractivity contribution is 7.91. The zero-order chi connectivity index (χ0) is 11.7. The van der Waals surface area contributed by atoms with Gasteiger partial charge in [-0.3, -0.25) is 4.57 Å². The van der Waals surface area contributed by atoms with E-state index in [1.165, 1.54) is 0 Å². The van der Waals surface area contributed by atoms with Crippen molar-refractivity contribution in [1.29, 1.82) is 0 Å². The lowest BCUT2D eigenvalue weighted by Gasteiger charge is -2.16. The van der Waals surface area contributed by atoms with Crippen LogP contribution in [-0.4, -0.2) is 30.9 Å². The monoisotopic (exact) mass is 242 g/mol. The number of nitrogens with zero attached hydrogens (tertiary/aromatic N) is 2. The summed E-state index contributed by atoms with van der Waals surface area (Å²) in [6.45, 7) is 2.52. The van der Waals surface area contributed by atoms with Crippen LogP contribution in [0, 0.1) is 0 Å². The van der Waals surface area contributed by atoms with Gasteiger partial charge in [0, 0.05) is 24.1 Å². The zero-order valence-electron chi connectivity index (χ0n) is 9.10. The second-order valence-corrected chi connectivity index (χ2v) is 5.38. The van der Waals surface area contributed by atoms with Gasteiger partial charge >= 0.3 is 5.97 Å². The van der Waals surface area contributed by atoms with Crippen LogP contribution in [0.5, 0.6) is 0 Å². The Bertz CT molecular complexity index is 416. The number of carboxylic acid groups (broad SMARTS) is 1. The molecule has 0 fully saturated rings. The Morgan fingerprint density at radius 3 is 3.00 bits per heavy atom. The van der Waals surface area contributed by atoms with Crippen molar-refractivity contribution in [3.05, 3.63) is 11.5 Å². The Hall–Kier alpha value is -1.01. The van der Waals surface area contributed by atoms with E-state index in [1.807, 2.05) is 4.57 Å². The summed E-state index contributed by atoms with van der Waals surface area (Å²) in [5.74, 6) is 0.102. The molecule has 1 unspecified atom stereocenters. The fourth-order valence-corrected chi connectivity index (χ4v) is 3.03. The van der Waals surface area contributed by atoms with Gasteiger partial charge in [0.2, 0.25) is 5.69 Å². The van der Waals surface area contributed by atoms with Crippen LogP contribution >= 0.6 is 0 Å². The third kappa shape index (κ3) is 1.82. The van der Waals surface area contributed by atoms with E-state index in [-0.39, 0.29) is 5.69 Å². The van der Waals surface area contributed by atoms with Crippen molar-refractivity contribution in [3.63, 3.8) is 0 Å². The number of carboxylic acids is 1. The quantitative estimate of drug-likeness (QED) is 0.803. The first-order valence-electron chi connectivity index (χ1n) is 5.36. The molecular weight excluding hydrogens is 228 g/mol. The fraction of sp³-hybridized carbons (Fsp3) is 0.600. The zero-order valence-corrected chi connectivity index (χ0v) is 9.92. The van der Waals surface area contributed by atoms with Gasteiger partial charge < -0.3 is 9.66 Å². The largest absolute Gasteiger partial charge is 0.610 e. The Morgan fingerprint density at radius 1 is 1.62 bits per heavy atom. The van der Waals surface area contributed by atoms with Gasteiger partial charge in [-0.15, -0.1) is 0 Å². The van der Waals surface area contributed by atoms with Crippen LogP contribution in [0.3, 0.4) is 0 Å². The lowest BCUT2D eigenvalue weighted by Crippen LogP contribution is -2.18. The van der Waals surface area contributed by atoms with Crippen LogP contribution in [0.4, 0.5) is 0 Å². The van der Waals surface area contributed by atoms with Crippen molar-refractivity contribution in [2.75, 3.05) is 5.75 Å². The lowest BCUT2D eigenvalue weighted by atomic mass is 10.2. The van der Waals surface area contributed by atoms with E-state index in [9.17, 15) is 9.35 Å². The van der Waals surface area contributed by atoms with E-state index in [4.69, 9.17) is 5.11 Å². The minimum absolute atomic E-state index is 0.0305. The van der Waals surface area contributed by atoms with Gasteiger partial charge in [0.1, 0.15) is 11.6 Å². The molecule has 0 radical (unpaired) electrons. The number of hydrogen-bond acceptors (Lipinski definition) is 3. The molecular formula is C10H14N2O3S. The third-order valence-corrected chi connectivity index (χ3v) is 4.08. The molecule has 1 aliphatic rings. The number of aromatic carboxylic acids is 1. The molecule has 1 N–H and O–H groups in total. The minimum atomic E-state index is -1.26. The molecule has 0 spiro atoms. The van der Waals surface area contributed by atoms with Gasteiger partial charge in [0.05, 0.1) is 0 Å². The number of aromatic nitrogens is 2. The average molecular weight is 242 g/mol. The Balaban J connectivity index is 2.52. The van der Waals surface area contributed by atoms with E-state index >= 15 is 0 Å². The summed E-state index contributed by atoms with van der Waals surface area (Å²) in [6, 6.07) is 0. The summed E-state index contributed by atoms with van der Waals surface area (Å²) in [5.41, 5.74) is -0.0305. The SMILES string of the molecule is CC[S+]([O-])c1c(C(=O)O)nc2n1CCCC2. The van der Waals surface area contributed by atoms with E-state index in [1.54, 1.807) is 6.92 Å². The van der Waals surface area contributed by atoms with Crippen LogP contribution < -0.4 is 0 Å². The number of hydrogen-bond donors (Lipinski definition) is 1. The number of carbonyl (C=O) groups is 1. The summed E-state index contributed by atoms with van der Waals surface area (Å²) in [7, 11) is 0. The summed E-state index contributed by atoms with van der Waals surface area (Å²) >= 11 is -1.26. The molecule has 1 atom stereocenters. The molecule has 0 amide bonds. The van der Waals surface area contributed by atoms with E-state index < -0.39 is 17.1 Å². The van der Waals surface area contributed by atoms with Gasteiger partial charge in [0.15, 0.2) is 0 Å². The predicted octanol–water partition coefficient (Wildman–Crippen LogP) is 1.05. The highest BCUT2D eigenvalue weighted by Crippen LogP contribution is 2.24. The van der Waals surface area contributed by atoms with Crippen LogP contribution in [0.25, 0.3) is 0 Å². The maximum absolute atomic E-state index is 11.9. The number of rotatable bonds is 3. The molecule has 0 aromatic carbocycles. The summed E-state index contributed by atoms with van der Waals surface area (Å²) < 4.78 is 13.7. The topological polar surface area (TPSA) is 78.2 Å². The maximum atomic E-state index is 11.9. The second-order valence-electron chi connectivity index (χ2n) is 3.73. The third-order valence-electron chi connectivity index (χ3n) is 2.71. The standard InChI is InChI=1S/C10H14N2O3S/c1-2-16(15)9-8(10(13)14)11-7-5-3-4-6-12(7)9/h2-6H2,1H3,(H,13,14). The van der Waals surface area contributed by atoms with E-state index in [0.29, 0.717) is 10.8 Å². The smallest absolute Gasteiger partial charge is 0.361 e. The van der Waals surface area contributed by atoms with Gasteiger partial charge in [-0.25, -0.2) is 9.78 Å². The van der Waals surface area contributed by atoms with Crippen molar-refractivity contribution in [1.82, 2.24) is 9.55 Å².